The molecule has 0 nitrogen and oxygen atoms in total. The van der Waals surface area contributed by atoms with Crippen molar-refractivity contribution in [3.63, 3.8) is 0 Å². The van der Waals surface area contributed by atoms with Crippen molar-refractivity contribution >= 4 is 0 Å². The van der Waals surface area contributed by atoms with Gasteiger partial charge in [-0.05, 0) is 111 Å². The van der Waals surface area contributed by atoms with Crippen molar-refractivity contribution in [1.29, 1.82) is 0 Å². The quantitative estimate of drug-likeness (QED) is 0.507. The van der Waals surface area contributed by atoms with Crippen molar-refractivity contribution in [2.24, 2.45) is 11.8 Å². The maximum atomic E-state index is 3.44. The molecule has 1 fully saturated rings. The monoisotopic (exact) mass is 358 g/mol. The Hall–Kier alpha value is -2.00. The SMILES string of the molecule is Cc1ccc(C#Cc2ccc(CC3CCC(C)CC3)c(C)c2C)c(C)c1C. The van der Waals surface area contributed by atoms with E-state index < -0.39 is 0 Å². The minimum absolute atomic E-state index is 0.870. The summed E-state index contributed by atoms with van der Waals surface area (Å²) in [5.41, 5.74) is 10.6. The minimum Gasteiger partial charge on any atom is -0.0625 e. The van der Waals surface area contributed by atoms with Crippen LogP contribution in [0.4, 0.5) is 0 Å². The fourth-order valence-corrected chi connectivity index (χ4v) is 4.30. The highest BCUT2D eigenvalue weighted by molar-refractivity contribution is 5.53. The summed E-state index contributed by atoms with van der Waals surface area (Å²) in [5.74, 6) is 8.66. The molecular formula is C27H34. The van der Waals surface area contributed by atoms with Gasteiger partial charge in [-0.3, -0.25) is 0 Å². The van der Waals surface area contributed by atoms with E-state index in [1.807, 2.05) is 0 Å². The third-order valence-corrected chi connectivity index (χ3v) is 6.93. The van der Waals surface area contributed by atoms with Gasteiger partial charge >= 0.3 is 0 Å². The molecule has 2 aromatic carbocycles. The highest BCUT2D eigenvalue weighted by atomic mass is 14.2. The summed E-state index contributed by atoms with van der Waals surface area (Å²) < 4.78 is 0. The van der Waals surface area contributed by atoms with Crippen LogP contribution in [0, 0.1) is 58.3 Å². The van der Waals surface area contributed by atoms with Crippen LogP contribution in [-0.2, 0) is 6.42 Å². The summed E-state index contributed by atoms with van der Waals surface area (Å²) in [6.45, 7) is 13.4. The topological polar surface area (TPSA) is 0 Å². The molecule has 1 aliphatic carbocycles. The van der Waals surface area contributed by atoms with E-state index in [0.29, 0.717) is 0 Å². The van der Waals surface area contributed by atoms with E-state index in [0.717, 1.165) is 17.4 Å². The van der Waals surface area contributed by atoms with Crippen LogP contribution < -0.4 is 0 Å². The first-order valence-electron chi connectivity index (χ1n) is 10.5. The van der Waals surface area contributed by atoms with Crippen LogP contribution in [0.2, 0.25) is 0 Å². The molecule has 0 bridgehead atoms. The largest absolute Gasteiger partial charge is 0.0625 e. The van der Waals surface area contributed by atoms with Gasteiger partial charge in [0, 0.05) is 11.1 Å². The van der Waals surface area contributed by atoms with E-state index >= 15 is 0 Å². The molecule has 1 aliphatic rings. The number of aryl methyl sites for hydroxylation is 1. The molecule has 2 aromatic rings. The Morgan fingerprint density at radius 2 is 1.26 bits per heavy atom. The highest BCUT2D eigenvalue weighted by Crippen LogP contribution is 2.32. The third kappa shape index (κ3) is 4.47. The van der Waals surface area contributed by atoms with E-state index in [4.69, 9.17) is 0 Å². The van der Waals surface area contributed by atoms with Gasteiger partial charge in [-0.25, -0.2) is 0 Å². The van der Waals surface area contributed by atoms with E-state index in [1.54, 1.807) is 0 Å². The number of hydrogen-bond donors (Lipinski definition) is 0. The summed E-state index contributed by atoms with van der Waals surface area (Å²) in [6, 6.07) is 8.91. The van der Waals surface area contributed by atoms with Gasteiger partial charge in [0.15, 0.2) is 0 Å². The third-order valence-electron chi connectivity index (χ3n) is 6.93. The van der Waals surface area contributed by atoms with Crippen molar-refractivity contribution in [2.45, 2.75) is 73.6 Å². The molecular weight excluding hydrogens is 324 g/mol. The molecule has 0 aromatic heterocycles. The van der Waals surface area contributed by atoms with Gasteiger partial charge in [0.1, 0.15) is 0 Å². The van der Waals surface area contributed by atoms with Gasteiger partial charge in [-0.1, -0.05) is 43.7 Å². The Balaban J connectivity index is 1.81. The summed E-state index contributed by atoms with van der Waals surface area (Å²) >= 11 is 0. The van der Waals surface area contributed by atoms with E-state index in [9.17, 15) is 0 Å². The second-order valence-electron chi connectivity index (χ2n) is 8.78. The average Bonchev–Trinajstić information content (AvgIpc) is 2.66. The molecule has 0 amide bonds. The Kier molecular flexibility index (Phi) is 6.11. The molecule has 142 valence electrons. The van der Waals surface area contributed by atoms with Crippen LogP contribution in [0.25, 0.3) is 0 Å². The summed E-state index contributed by atoms with van der Waals surface area (Å²) in [6.07, 6.45) is 6.84. The van der Waals surface area contributed by atoms with Gasteiger partial charge in [-0.2, -0.15) is 0 Å². The van der Waals surface area contributed by atoms with E-state index in [2.05, 4.69) is 77.6 Å². The zero-order chi connectivity index (χ0) is 19.6. The summed E-state index contributed by atoms with van der Waals surface area (Å²) in [5, 5.41) is 0. The van der Waals surface area contributed by atoms with Crippen LogP contribution in [0.1, 0.15) is 77.1 Å². The molecule has 0 atom stereocenters. The maximum Gasteiger partial charge on any atom is 0.0281 e. The molecule has 0 aliphatic heterocycles. The first-order valence-corrected chi connectivity index (χ1v) is 10.5. The predicted octanol–water partition coefficient (Wildman–Crippen LogP) is 7.00. The van der Waals surface area contributed by atoms with Gasteiger partial charge in [0.25, 0.3) is 0 Å². The van der Waals surface area contributed by atoms with Crippen LogP contribution in [0.3, 0.4) is 0 Å². The van der Waals surface area contributed by atoms with Crippen molar-refractivity contribution in [3.05, 3.63) is 68.8 Å². The zero-order valence-corrected chi connectivity index (χ0v) is 18.0. The lowest BCUT2D eigenvalue weighted by atomic mass is 9.79. The van der Waals surface area contributed by atoms with Crippen LogP contribution in [-0.4, -0.2) is 0 Å². The van der Waals surface area contributed by atoms with E-state index in [-0.39, 0.29) is 0 Å². The maximum absolute atomic E-state index is 3.44. The number of rotatable bonds is 2. The molecule has 0 heteroatoms. The second kappa shape index (κ2) is 8.35. The summed E-state index contributed by atoms with van der Waals surface area (Å²) in [4.78, 5) is 0. The van der Waals surface area contributed by atoms with Gasteiger partial charge in [0.2, 0.25) is 0 Å². The minimum atomic E-state index is 0.870. The first kappa shape index (κ1) is 19.8. The predicted molar refractivity (Wildman–Crippen MR) is 117 cm³/mol. The molecule has 0 N–H and O–H groups in total. The molecule has 0 saturated heterocycles. The molecule has 27 heavy (non-hydrogen) atoms. The highest BCUT2D eigenvalue weighted by Gasteiger charge is 2.19. The molecule has 1 saturated carbocycles. The fraction of sp³-hybridized carbons (Fsp3) is 0.481. The number of hydrogen-bond acceptors (Lipinski definition) is 0. The lowest BCUT2D eigenvalue weighted by molar-refractivity contribution is 0.288. The fourth-order valence-electron chi connectivity index (χ4n) is 4.30. The van der Waals surface area contributed by atoms with Crippen LogP contribution in [0.5, 0.6) is 0 Å². The standard InChI is InChI=1S/C27H34/c1-18-7-10-24(11-8-18)17-27-16-15-26(22(5)23(27)6)14-13-25-12-9-19(2)20(3)21(25)4/h9,12,15-16,18,24H,7-8,10-11,17H2,1-6H3. The van der Waals surface area contributed by atoms with Crippen molar-refractivity contribution in [3.8, 4) is 11.8 Å². The van der Waals surface area contributed by atoms with E-state index in [1.165, 1.54) is 71.0 Å². The van der Waals surface area contributed by atoms with Crippen molar-refractivity contribution in [1.82, 2.24) is 0 Å². The average molecular weight is 359 g/mol. The molecule has 0 spiro atoms. The van der Waals surface area contributed by atoms with Gasteiger partial charge in [-0.15, -0.1) is 0 Å². The van der Waals surface area contributed by atoms with Gasteiger partial charge < -0.3 is 0 Å². The smallest absolute Gasteiger partial charge is 0.0281 e. The Morgan fingerprint density at radius 1 is 0.704 bits per heavy atom. The Morgan fingerprint density at radius 3 is 1.89 bits per heavy atom. The molecule has 0 unspecified atom stereocenters. The molecule has 0 heterocycles. The molecule has 3 rings (SSSR count). The zero-order valence-electron chi connectivity index (χ0n) is 18.0. The lowest BCUT2D eigenvalue weighted by Crippen LogP contribution is -2.15. The first-order chi connectivity index (χ1) is 12.9. The van der Waals surface area contributed by atoms with Crippen molar-refractivity contribution < 1.29 is 0 Å². The Bertz CT molecular complexity index is 880. The van der Waals surface area contributed by atoms with Crippen LogP contribution >= 0.6 is 0 Å². The second-order valence-corrected chi connectivity index (χ2v) is 8.78. The van der Waals surface area contributed by atoms with Crippen LogP contribution in [0.15, 0.2) is 24.3 Å². The molecule has 0 radical (unpaired) electrons. The van der Waals surface area contributed by atoms with Gasteiger partial charge in [0.05, 0.1) is 0 Å². The Labute approximate surface area is 166 Å². The summed E-state index contributed by atoms with van der Waals surface area (Å²) in [7, 11) is 0. The lowest BCUT2D eigenvalue weighted by Gasteiger charge is -2.27. The van der Waals surface area contributed by atoms with Crippen molar-refractivity contribution in [2.75, 3.05) is 0 Å². The normalized spacial score (nSPS) is 19.5. The number of benzene rings is 2.